The SMILES string of the molecule is CCCOc1ccc(N2C(=O)CC(N(Cc3ccc4c(c3)OCO4)C(=S)NC)C2=O)cc1. The second-order valence-corrected chi connectivity index (χ2v) is 7.89. The van der Waals surface area contributed by atoms with Crippen molar-refractivity contribution in [2.24, 2.45) is 0 Å². The van der Waals surface area contributed by atoms with E-state index in [0.29, 0.717) is 41.2 Å². The highest BCUT2D eigenvalue weighted by Crippen LogP contribution is 2.34. The van der Waals surface area contributed by atoms with Crippen LogP contribution in [0, 0.1) is 0 Å². The van der Waals surface area contributed by atoms with E-state index in [4.69, 9.17) is 26.4 Å². The molecule has 4 rings (SSSR count). The lowest BCUT2D eigenvalue weighted by molar-refractivity contribution is -0.122. The van der Waals surface area contributed by atoms with Gasteiger partial charge in [0.1, 0.15) is 11.8 Å². The summed E-state index contributed by atoms with van der Waals surface area (Å²) >= 11 is 5.48. The van der Waals surface area contributed by atoms with Crippen molar-refractivity contribution in [3.8, 4) is 17.2 Å². The minimum absolute atomic E-state index is 0.0410. The number of hydrogen-bond donors (Lipinski definition) is 1. The standard InChI is InChI=1S/C23H25N3O5S/c1-3-10-29-17-7-5-16(6-8-17)26-21(27)12-18(22(26)28)25(23(32)24-2)13-15-4-9-19-20(11-15)31-14-30-19/h4-9,11,18H,3,10,12-14H2,1-2H3,(H,24,32). The molecule has 2 heterocycles. The number of amides is 2. The van der Waals surface area contributed by atoms with Gasteiger partial charge in [-0.1, -0.05) is 13.0 Å². The fourth-order valence-corrected chi connectivity index (χ4v) is 3.94. The van der Waals surface area contributed by atoms with Crippen LogP contribution in [0.4, 0.5) is 5.69 Å². The van der Waals surface area contributed by atoms with Gasteiger partial charge in [-0.3, -0.25) is 9.59 Å². The Morgan fingerprint density at radius 3 is 2.66 bits per heavy atom. The second-order valence-electron chi connectivity index (χ2n) is 7.50. The lowest BCUT2D eigenvalue weighted by atomic mass is 10.1. The zero-order valence-electron chi connectivity index (χ0n) is 18.0. The van der Waals surface area contributed by atoms with E-state index in [1.807, 2.05) is 25.1 Å². The molecule has 8 nitrogen and oxygen atoms in total. The van der Waals surface area contributed by atoms with Crippen LogP contribution < -0.4 is 24.4 Å². The first-order chi connectivity index (χ1) is 15.5. The van der Waals surface area contributed by atoms with Crippen molar-refractivity contribution in [2.45, 2.75) is 32.4 Å². The van der Waals surface area contributed by atoms with Gasteiger partial charge in [0.05, 0.1) is 18.7 Å². The summed E-state index contributed by atoms with van der Waals surface area (Å²) in [7, 11) is 1.70. The van der Waals surface area contributed by atoms with Gasteiger partial charge in [-0.2, -0.15) is 0 Å². The van der Waals surface area contributed by atoms with Gasteiger partial charge >= 0.3 is 0 Å². The van der Waals surface area contributed by atoms with Crippen molar-refractivity contribution in [3.05, 3.63) is 48.0 Å². The molecule has 2 aliphatic rings. The van der Waals surface area contributed by atoms with Crippen molar-refractivity contribution in [3.63, 3.8) is 0 Å². The molecule has 1 unspecified atom stereocenters. The lowest BCUT2D eigenvalue weighted by Crippen LogP contribution is -2.48. The molecule has 168 valence electrons. The van der Waals surface area contributed by atoms with E-state index in [1.54, 1.807) is 36.2 Å². The number of carbonyl (C=O) groups excluding carboxylic acids is 2. The molecule has 0 saturated carbocycles. The number of thiocarbonyl (C=S) groups is 1. The van der Waals surface area contributed by atoms with E-state index >= 15 is 0 Å². The Morgan fingerprint density at radius 2 is 1.94 bits per heavy atom. The number of nitrogens with one attached hydrogen (secondary N) is 1. The maximum absolute atomic E-state index is 13.3. The fraction of sp³-hybridized carbons (Fsp3) is 0.348. The summed E-state index contributed by atoms with van der Waals surface area (Å²) in [5.74, 6) is 1.46. The normalized spacial score (nSPS) is 16.9. The van der Waals surface area contributed by atoms with Crippen molar-refractivity contribution < 1.29 is 23.8 Å². The summed E-state index contributed by atoms with van der Waals surface area (Å²) in [5.41, 5.74) is 1.41. The van der Waals surface area contributed by atoms with Gasteiger partial charge in [0.2, 0.25) is 12.7 Å². The smallest absolute Gasteiger partial charge is 0.257 e. The first kappa shape index (κ1) is 21.9. The third kappa shape index (κ3) is 4.34. The number of fused-ring (bicyclic) bond motifs is 1. The average molecular weight is 456 g/mol. The van der Waals surface area contributed by atoms with E-state index in [2.05, 4.69) is 5.32 Å². The van der Waals surface area contributed by atoms with Crippen LogP contribution in [0.1, 0.15) is 25.3 Å². The van der Waals surface area contributed by atoms with Crippen LogP contribution in [0.15, 0.2) is 42.5 Å². The molecule has 2 aromatic carbocycles. The van der Waals surface area contributed by atoms with E-state index in [9.17, 15) is 9.59 Å². The minimum atomic E-state index is -0.705. The van der Waals surface area contributed by atoms with E-state index < -0.39 is 6.04 Å². The highest BCUT2D eigenvalue weighted by Gasteiger charge is 2.43. The number of carbonyl (C=O) groups is 2. The highest BCUT2D eigenvalue weighted by atomic mass is 32.1. The third-order valence-corrected chi connectivity index (χ3v) is 5.77. The summed E-state index contributed by atoms with van der Waals surface area (Å²) in [4.78, 5) is 29.1. The van der Waals surface area contributed by atoms with Gasteiger partial charge in [-0.15, -0.1) is 0 Å². The first-order valence-electron chi connectivity index (χ1n) is 10.5. The molecule has 0 aliphatic carbocycles. The molecule has 1 N–H and O–H groups in total. The second kappa shape index (κ2) is 9.44. The Labute approximate surface area is 192 Å². The Balaban J connectivity index is 1.54. The Morgan fingerprint density at radius 1 is 1.19 bits per heavy atom. The fourth-order valence-electron chi connectivity index (χ4n) is 3.75. The van der Waals surface area contributed by atoms with Gasteiger partial charge in [0, 0.05) is 13.6 Å². The number of anilines is 1. The van der Waals surface area contributed by atoms with Crippen LogP contribution in [0.25, 0.3) is 0 Å². The van der Waals surface area contributed by atoms with E-state index in [1.165, 1.54) is 4.90 Å². The minimum Gasteiger partial charge on any atom is -0.494 e. The maximum Gasteiger partial charge on any atom is 0.257 e. The molecule has 0 aromatic heterocycles. The van der Waals surface area contributed by atoms with Gasteiger partial charge in [0.15, 0.2) is 16.6 Å². The number of ether oxygens (including phenoxy) is 3. The van der Waals surface area contributed by atoms with Gasteiger partial charge < -0.3 is 24.4 Å². The topological polar surface area (TPSA) is 80.3 Å². The monoisotopic (exact) mass is 455 g/mol. The predicted molar refractivity (Wildman–Crippen MR) is 123 cm³/mol. The summed E-state index contributed by atoms with van der Waals surface area (Å²) in [5, 5.41) is 3.32. The highest BCUT2D eigenvalue weighted by molar-refractivity contribution is 7.80. The number of rotatable bonds is 7. The Hall–Kier alpha value is -3.33. The van der Waals surface area contributed by atoms with Crippen molar-refractivity contribution in [1.29, 1.82) is 0 Å². The van der Waals surface area contributed by atoms with Gasteiger partial charge in [-0.25, -0.2) is 4.90 Å². The molecular weight excluding hydrogens is 430 g/mol. The zero-order chi connectivity index (χ0) is 22.7. The third-order valence-electron chi connectivity index (χ3n) is 5.33. The van der Waals surface area contributed by atoms with Crippen LogP contribution >= 0.6 is 12.2 Å². The first-order valence-corrected chi connectivity index (χ1v) is 10.9. The number of imide groups is 1. The van der Waals surface area contributed by atoms with Crippen LogP contribution in [-0.4, -0.2) is 48.3 Å². The van der Waals surface area contributed by atoms with Crippen molar-refractivity contribution in [2.75, 3.05) is 25.3 Å². The summed E-state index contributed by atoms with van der Waals surface area (Å²) in [6, 6.07) is 11.9. The molecule has 1 atom stereocenters. The molecule has 32 heavy (non-hydrogen) atoms. The molecule has 2 aliphatic heterocycles. The lowest BCUT2D eigenvalue weighted by Gasteiger charge is -2.29. The zero-order valence-corrected chi connectivity index (χ0v) is 18.8. The molecule has 2 aromatic rings. The Bertz CT molecular complexity index is 1030. The van der Waals surface area contributed by atoms with Gasteiger partial charge in [0.25, 0.3) is 5.91 Å². The summed E-state index contributed by atoms with van der Waals surface area (Å²) in [6.45, 7) is 3.17. The molecule has 0 radical (unpaired) electrons. The number of nitrogens with zero attached hydrogens (tertiary/aromatic N) is 2. The molecule has 0 spiro atoms. The molecule has 0 bridgehead atoms. The molecule has 1 fully saturated rings. The van der Waals surface area contributed by atoms with E-state index in [0.717, 1.165) is 12.0 Å². The largest absolute Gasteiger partial charge is 0.494 e. The predicted octanol–water partition coefficient (Wildman–Crippen LogP) is 2.84. The molecule has 1 saturated heterocycles. The quantitative estimate of drug-likeness (QED) is 0.504. The van der Waals surface area contributed by atoms with Crippen LogP contribution in [0.5, 0.6) is 17.2 Å². The summed E-state index contributed by atoms with van der Waals surface area (Å²) < 4.78 is 16.4. The average Bonchev–Trinajstić information content (AvgIpc) is 3.39. The van der Waals surface area contributed by atoms with Crippen molar-refractivity contribution >= 4 is 34.8 Å². The van der Waals surface area contributed by atoms with Crippen molar-refractivity contribution in [1.82, 2.24) is 10.2 Å². The van der Waals surface area contributed by atoms with Crippen LogP contribution in [0.3, 0.4) is 0 Å². The van der Waals surface area contributed by atoms with Gasteiger partial charge in [-0.05, 0) is 60.6 Å². The maximum atomic E-state index is 13.3. The molecule has 2 amide bonds. The summed E-state index contributed by atoms with van der Waals surface area (Å²) in [6.07, 6.45) is 0.941. The molecule has 9 heteroatoms. The number of hydrogen-bond acceptors (Lipinski definition) is 6. The van der Waals surface area contributed by atoms with Crippen LogP contribution in [0.2, 0.25) is 0 Å². The number of benzene rings is 2. The molecular formula is C23H25N3O5S. The van der Waals surface area contributed by atoms with E-state index in [-0.39, 0.29) is 25.0 Å². The van der Waals surface area contributed by atoms with Crippen LogP contribution in [-0.2, 0) is 16.1 Å². The Kier molecular flexibility index (Phi) is 6.45.